The Morgan fingerprint density at radius 1 is 0.957 bits per heavy atom. The minimum absolute atomic E-state index is 0.195. The minimum atomic E-state index is 0.195. The third-order valence-electron chi connectivity index (χ3n) is 6.30. The summed E-state index contributed by atoms with van der Waals surface area (Å²) in [5.74, 6) is 2.10. The second-order valence-electron chi connectivity index (χ2n) is 7.72. The maximum absolute atomic E-state index is 12.5. The van der Waals surface area contributed by atoms with Gasteiger partial charge in [0.15, 0.2) is 0 Å². The van der Waals surface area contributed by atoms with Crippen molar-refractivity contribution in [1.29, 1.82) is 0 Å². The number of rotatable bonds is 3. The first-order valence-corrected chi connectivity index (χ1v) is 9.40. The molecule has 1 N–H and O–H groups in total. The minimum Gasteiger partial charge on any atom is -0.339 e. The monoisotopic (exact) mass is 312 g/mol. The Morgan fingerprint density at radius 3 is 2.26 bits per heavy atom. The van der Waals surface area contributed by atoms with Gasteiger partial charge in [-0.2, -0.15) is 0 Å². The van der Waals surface area contributed by atoms with E-state index in [1.54, 1.807) is 0 Å². The molecule has 23 heavy (non-hydrogen) atoms. The van der Waals surface area contributed by atoms with Crippen molar-refractivity contribution >= 4 is 5.91 Å². The summed E-state index contributed by atoms with van der Waals surface area (Å²) in [6.45, 7) is 1.79. The van der Waals surface area contributed by atoms with Crippen LogP contribution >= 0.6 is 0 Å². The van der Waals surface area contributed by atoms with Crippen LogP contribution in [0.5, 0.6) is 0 Å². The normalized spacial score (nSPS) is 31.3. The second kappa shape index (κ2) is 6.64. The molecule has 0 aromatic heterocycles. The quantitative estimate of drug-likeness (QED) is 0.927. The van der Waals surface area contributed by atoms with Gasteiger partial charge in [-0.1, -0.05) is 31.0 Å². The Balaban J connectivity index is 1.29. The summed E-state index contributed by atoms with van der Waals surface area (Å²) >= 11 is 0. The molecule has 4 fully saturated rings. The van der Waals surface area contributed by atoms with Crippen molar-refractivity contribution < 1.29 is 4.79 Å². The number of benzene rings is 1. The second-order valence-corrected chi connectivity index (χ2v) is 7.72. The SMILES string of the molecule is O=C(c1ccccc1)N1CCC(NC2CC3CCC2CC3)CC1. The van der Waals surface area contributed by atoms with Crippen LogP contribution in [-0.4, -0.2) is 36.0 Å². The molecule has 1 aromatic rings. The van der Waals surface area contributed by atoms with Crippen molar-refractivity contribution in [3.63, 3.8) is 0 Å². The predicted octanol–water partition coefficient (Wildman–Crippen LogP) is 3.46. The van der Waals surface area contributed by atoms with Crippen molar-refractivity contribution in [2.45, 2.75) is 57.0 Å². The molecule has 1 aromatic carbocycles. The Kier molecular flexibility index (Phi) is 4.39. The lowest BCUT2D eigenvalue weighted by molar-refractivity contribution is 0.0668. The van der Waals surface area contributed by atoms with Gasteiger partial charge in [0.2, 0.25) is 0 Å². The Bertz CT molecular complexity index is 528. The average Bonchev–Trinajstić information content (AvgIpc) is 2.63. The molecule has 1 atom stereocenters. The first-order valence-electron chi connectivity index (χ1n) is 9.40. The van der Waals surface area contributed by atoms with E-state index in [1.807, 2.05) is 35.2 Å². The summed E-state index contributed by atoms with van der Waals surface area (Å²) < 4.78 is 0. The fourth-order valence-corrected chi connectivity index (χ4v) is 4.90. The van der Waals surface area contributed by atoms with Crippen molar-refractivity contribution in [3.05, 3.63) is 35.9 Å². The molecule has 3 aliphatic carbocycles. The van der Waals surface area contributed by atoms with Crippen LogP contribution in [0.15, 0.2) is 30.3 Å². The van der Waals surface area contributed by atoms with E-state index in [-0.39, 0.29) is 5.91 Å². The Morgan fingerprint density at radius 2 is 1.65 bits per heavy atom. The summed E-state index contributed by atoms with van der Waals surface area (Å²) in [6, 6.07) is 11.1. The van der Waals surface area contributed by atoms with Gasteiger partial charge in [0.25, 0.3) is 5.91 Å². The van der Waals surface area contributed by atoms with Crippen LogP contribution in [0, 0.1) is 11.8 Å². The number of nitrogens with zero attached hydrogens (tertiary/aromatic N) is 1. The number of amides is 1. The number of fused-ring (bicyclic) bond motifs is 3. The smallest absolute Gasteiger partial charge is 0.253 e. The summed E-state index contributed by atoms with van der Waals surface area (Å²) in [5, 5.41) is 3.95. The van der Waals surface area contributed by atoms with Crippen LogP contribution in [-0.2, 0) is 0 Å². The highest BCUT2D eigenvalue weighted by Crippen LogP contribution is 2.41. The number of hydrogen-bond acceptors (Lipinski definition) is 2. The van der Waals surface area contributed by atoms with Gasteiger partial charge < -0.3 is 10.2 Å². The molecule has 3 nitrogen and oxygen atoms in total. The highest BCUT2D eigenvalue weighted by Gasteiger charge is 2.36. The average molecular weight is 312 g/mol. The van der Waals surface area contributed by atoms with Gasteiger partial charge in [-0.05, 0) is 56.1 Å². The molecule has 4 aliphatic rings. The van der Waals surface area contributed by atoms with Crippen LogP contribution < -0.4 is 5.32 Å². The summed E-state index contributed by atoms with van der Waals surface area (Å²) in [6.07, 6.45) is 9.41. The van der Waals surface area contributed by atoms with Gasteiger partial charge in [0.1, 0.15) is 0 Å². The lowest BCUT2D eigenvalue weighted by Crippen LogP contribution is -2.52. The van der Waals surface area contributed by atoms with Crippen molar-refractivity contribution in [3.8, 4) is 0 Å². The number of hydrogen-bond donors (Lipinski definition) is 1. The van der Waals surface area contributed by atoms with E-state index in [1.165, 1.54) is 32.1 Å². The first kappa shape index (κ1) is 15.2. The van der Waals surface area contributed by atoms with Crippen LogP contribution in [0.1, 0.15) is 55.3 Å². The maximum Gasteiger partial charge on any atom is 0.253 e. The Hall–Kier alpha value is -1.35. The molecule has 0 spiro atoms. The molecule has 5 rings (SSSR count). The largest absolute Gasteiger partial charge is 0.339 e. The number of carbonyl (C=O) groups excluding carboxylic acids is 1. The molecule has 124 valence electrons. The van der Waals surface area contributed by atoms with Crippen LogP contribution in [0.4, 0.5) is 0 Å². The molecule has 1 amide bonds. The molecule has 1 aliphatic heterocycles. The highest BCUT2D eigenvalue weighted by atomic mass is 16.2. The molecular weight excluding hydrogens is 284 g/mol. The topological polar surface area (TPSA) is 32.3 Å². The highest BCUT2D eigenvalue weighted by molar-refractivity contribution is 5.94. The lowest BCUT2D eigenvalue weighted by Gasteiger charge is -2.45. The van der Waals surface area contributed by atoms with Crippen molar-refractivity contribution in [1.82, 2.24) is 10.2 Å². The third kappa shape index (κ3) is 3.30. The van der Waals surface area contributed by atoms with Gasteiger partial charge in [0.05, 0.1) is 0 Å². The standard InChI is InChI=1S/C20H28N2O/c23-20(17-4-2-1-3-5-17)22-12-10-18(11-13-22)21-19-14-15-6-8-16(19)9-7-15/h1-5,15-16,18-19,21H,6-14H2. The van der Waals surface area contributed by atoms with E-state index >= 15 is 0 Å². The molecule has 2 bridgehead atoms. The van der Waals surface area contributed by atoms with Crippen molar-refractivity contribution in [2.75, 3.05) is 13.1 Å². The fraction of sp³-hybridized carbons (Fsp3) is 0.650. The van der Waals surface area contributed by atoms with E-state index < -0.39 is 0 Å². The first-order chi connectivity index (χ1) is 11.3. The molecule has 0 radical (unpaired) electrons. The van der Waals surface area contributed by atoms with Crippen LogP contribution in [0.25, 0.3) is 0 Å². The predicted molar refractivity (Wildman–Crippen MR) is 92.4 cm³/mol. The number of nitrogens with one attached hydrogen (secondary N) is 1. The Labute approximate surface area is 139 Å². The number of piperidine rings is 1. The van der Waals surface area contributed by atoms with Gasteiger partial charge >= 0.3 is 0 Å². The van der Waals surface area contributed by atoms with Gasteiger partial charge in [0, 0.05) is 30.7 Å². The number of likely N-dealkylation sites (tertiary alicyclic amines) is 1. The molecule has 3 saturated carbocycles. The lowest BCUT2D eigenvalue weighted by atomic mass is 9.67. The zero-order chi connectivity index (χ0) is 15.6. The zero-order valence-corrected chi connectivity index (χ0v) is 13.9. The molecule has 3 heteroatoms. The number of carbonyl (C=O) groups is 1. The van der Waals surface area contributed by atoms with Gasteiger partial charge in [-0.25, -0.2) is 0 Å². The van der Waals surface area contributed by atoms with E-state index in [9.17, 15) is 4.79 Å². The molecule has 1 saturated heterocycles. The maximum atomic E-state index is 12.5. The van der Waals surface area contributed by atoms with Gasteiger partial charge in [-0.15, -0.1) is 0 Å². The molecular formula is C20H28N2O. The summed E-state index contributed by atoms with van der Waals surface area (Å²) in [4.78, 5) is 14.5. The van der Waals surface area contributed by atoms with Gasteiger partial charge in [-0.3, -0.25) is 4.79 Å². The van der Waals surface area contributed by atoms with E-state index in [0.29, 0.717) is 6.04 Å². The fourth-order valence-electron chi connectivity index (χ4n) is 4.90. The summed E-state index contributed by atoms with van der Waals surface area (Å²) in [7, 11) is 0. The van der Waals surface area contributed by atoms with Crippen LogP contribution in [0.3, 0.4) is 0 Å². The van der Waals surface area contributed by atoms with E-state index in [4.69, 9.17) is 0 Å². The van der Waals surface area contributed by atoms with E-state index in [0.717, 1.165) is 49.4 Å². The van der Waals surface area contributed by atoms with Crippen LogP contribution in [0.2, 0.25) is 0 Å². The zero-order valence-electron chi connectivity index (χ0n) is 13.9. The molecule has 1 unspecified atom stereocenters. The summed E-state index contributed by atoms with van der Waals surface area (Å²) in [5.41, 5.74) is 0.823. The van der Waals surface area contributed by atoms with Crippen molar-refractivity contribution in [2.24, 2.45) is 11.8 Å². The van der Waals surface area contributed by atoms with E-state index in [2.05, 4.69) is 5.32 Å². The molecule has 1 heterocycles. The third-order valence-corrected chi connectivity index (χ3v) is 6.30.